The number of esters is 1. The van der Waals surface area contributed by atoms with Gasteiger partial charge in [0, 0.05) is 12.8 Å². The maximum absolute atomic E-state index is 13.7. The van der Waals surface area contributed by atoms with E-state index in [9.17, 15) is 19.0 Å². The lowest BCUT2D eigenvalue weighted by molar-refractivity contribution is -0.870. The summed E-state index contributed by atoms with van der Waals surface area (Å²) in [6.45, 7) is 7.02. The molecule has 0 aliphatic carbocycles. The molecule has 0 radical (unpaired) electrons. The molecular formula is C77H146N2O7P+. The van der Waals surface area contributed by atoms with E-state index < -0.39 is 20.0 Å². The van der Waals surface area contributed by atoms with Crippen LogP contribution in [0.1, 0.15) is 367 Å². The summed E-state index contributed by atoms with van der Waals surface area (Å²) in [5.41, 5.74) is 0. The molecule has 0 aromatic rings. The molecule has 0 aromatic heterocycles. The Morgan fingerprint density at radius 1 is 0.402 bits per heavy atom. The maximum atomic E-state index is 13.7. The van der Waals surface area contributed by atoms with Crippen LogP contribution in [0.5, 0.6) is 0 Å². The lowest BCUT2D eigenvalue weighted by Gasteiger charge is -2.27. The van der Waals surface area contributed by atoms with E-state index in [1.54, 1.807) is 0 Å². The van der Waals surface area contributed by atoms with Crippen molar-refractivity contribution >= 4 is 19.7 Å². The van der Waals surface area contributed by atoms with Crippen LogP contribution in [0.3, 0.4) is 0 Å². The Balaban J connectivity index is 5.00. The molecule has 10 heteroatoms. The predicted molar refractivity (Wildman–Crippen MR) is 378 cm³/mol. The first-order valence-corrected chi connectivity index (χ1v) is 39.1. The molecule has 2 N–H and O–H groups in total. The molecule has 3 atom stereocenters. The molecule has 0 saturated heterocycles. The second kappa shape index (κ2) is 66.6. The van der Waals surface area contributed by atoms with Gasteiger partial charge in [0.15, 0.2) is 0 Å². The standard InChI is InChI=1S/C77H145N2O7P/c1-7-10-13-16-19-22-25-28-30-32-34-36-37-38-39-40-41-43-44-46-48-51-54-57-60-63-66-69-76(80)78-74(73-85-87(82,83)84-72-71-79(4,5)6)75(68-65-62-59-56-53-50-27-24-21-18-15-12-9-3)86-77(81)70-67-64-61-58-55-52-49-47-45-42-35-33-31-29-26-23-20-17-14-11-8-2/h19-20,22-23,28-31,65,68,74-75H,7-18,21,24-27,32-64,66-67,69-73H2,1-6H3,(H-,78,80,82,83)/p+1/b22-19-,23-20-,30-28-,31-29-,68-65-. The van der Waals surface area contributed by atoms with Crippen LogP contribution in [0.4, 0.5) is 0 Å². The third-order valence-corrected chi connectivity index (χ3v) is 17.9. The molecule has 3 unspecified atom stereocenters. The first kappa shape index (κ1) is 84.7. The lowest BCUT2D eigenvalue weighted by Crippen LogP contribution is -2.47. The minimum atomic E-state index is -4.46. The average Bonchev–Trinajstić information content (AvgIpc) is 3.69. The molecule has 9 nitrogen and oxygen atoms in total. The largest absolute Gasteiger partial charge is 0.472 e. The molecule has 1 amide bonds. The van der Waals surface area contributed by atoms with E-state index >= 15 is 0 Å². The summed E-state index contributed by atoms with van der Waals surface area (Å²) in [6.07, 6.45) is 86.7. The zero-order chi connectivity index (χ0) is 63.5. The summed E-state index contributed by atoms with van der Waals surface area (Å²) in [5.74, 6) is -0.490. The van der Waals surface area contributed by atoms with Crippen LogP contribution in [-0.4, -0.2) is 74.3 Å². The third-order valence-electron chi connectivity index (χ3n) is 16.9. The van der Waals surface area contributed by atoms with Gasteiger partial charge in [-0.05, 0) is 96.0 Å². The van der Waals surface area contributed by atoms with Crippen LogP contribution in [0, 0.1) is 0 Å². The second-order valence-corrected chi connectivity index (χ2v) is 28.3. The van der Waals surface area contributed by atoms with Crippen molar-refractivity contribution in [2.75, 3.05) is 40.9 Å². The number of amides is 1. The minimum Gasteiger partial charge on any atom is -0.456 e. The number of hydrogen-bond acceptors (Lipinski definition) is 6. The second-order valence-electron chi connectivity index (χ2n) is 26.8. The van der Waals surface area contributed by atoms with Gasteiger partial charge in [0.05, 0.1) is 33.8 Å². The van der Waals surface area contributed by atoms with E-state index in [4.69, 9.17) is 13.8 Å². The Morgan fingerprint density at radius 3 is 1.06 bits per heavy atom. The maximum Gasteiger partial charge on any atom is 0.472 e. The number of quaternary nitrogens is 1. The van der Waals surface area contributed by atoms with Gasteiger partial charge >= 0.3 is 13.8 Å². The molecule has 0 rings (SSSR count). The van der Waals surface area contributed by atoms with Crippen molar-refractivity contribution in [3.63, 3.8) is 0 Å². The van der Waals surface area contributed by atoms with Gasteiger partial charge < -0.3 is 19.4 Å². The number of carbonyl (C=O) groups excluding carboxylic acids is 2. The van der Waals surface area contributed by atoms with Gasteiger partial charge in [-0.3, -0.25) is 18.6 Å². The van der Waals surface area contributed by atoms with E-state index in [1.807, 2.05) is 27.2 Å². The number of likely N-dealkylation sites (N-methyl/N-ethyl adjacent to an activating group) is 1. The van der Waals surface area contributed by atoms with Gasteiger partial charge in [0.1, 0.15) is 19.3 Å². The Labute approximate surface area is 541 Å². The summed E-state index contributed by atoms with van der Waals surface area (Å²) in [4.78, 5) is 38.0. The summed E-state index contributed by atoms with van der Waals surface area (Å²) in [6, 6.07) is -0.850. The molecule has 0 heterocycles. The third kappa shape index (κ3) is 67.9. The summed E-state index contributed by atoms with van der Waals surface area (Å²) in [7, 11) is 1.51. The number of nitrogens with zero attached hydrogens (tertiary/aromatic N) is 1. The van der Waals surface area contributed by atoms with Crippen molar-refractivity contribution in [3.05, 3.63) is 60.8 Å². The number of rotatable bonds is 69. The highest BCUT2D eigenvalue weighted by molar-refractivity contribution is 7.47. The number of carbonyl (C=O) groups is 2. The van der Waals surface area contributed by atoms with Crippen LogP contribution in [0.15, 0.2) is 60.8 Å². The Bertz CT molecular complexity index is 1670. The minimum absolute atomic E-state index is 0.0409. The topological polar surface area (TPSA) is 111 Å². The molecule has 0 spiro atoms. The predicted octanol–water partition coefficient (Wildman–Crippen LogP) is 24.1. The smallest absolute Gasteiger partial charge is 0.456 e. The lowest BCUT2D eigenvalue weighted by atomic mass is 10.0. The zero-order valence-electron chi connectivity index (χ0n) is 58.5. The number of ether oxygens (including phenoxy) is 1. The number of phosphoric ester groups is 1. The van der Waals surface area contributed by atoms with E-state index in [0.29, 0.717) is 23.9 Å². The molecule has 0 aliphatic heterocycles. The van der Waals surface area contributed by atoms with Crippen molar-refractivity contribution < 1.29 is 37.3 Å². The van der Waals surface area contributed by atoms with Crippen molar-refractivity contribution in [2.24, 2.45) is 0 Å². The summed E-state index contributed by atoms with van der Waals surface area (Å²) in [5, 5.41) is 3.08. The number of phosphoric acid groups is 1. The first-order valence-electron chi connectivity index (χ1n) is 37.6. The highest BCUT2D eigenvalue weighted by Gasteiger charge is 2.30. The van der Waals surface area contributed by atoms with E-state index in [0.717, 1.165) is 70.6 Å². The highest BCUT2D eigenvalue weighted by atomic mass is 31.2. The summed E-state index contributed by atoms with van der Waals surface area (Å²) >= 11 is 0. The van der Waals surface area contributed by atoms with Crippen LogP contribution >= 0.6 is 7.82 Å². The molecule has 0 aliphatic rings. The molecule has 0 aromatic carbocycles. The fourth-order valence-electron chi connectivity index (χ4n) is 11.1. The van der Waals surface area contributed by atoms with Gasteiger partial charge in [-0.15, -0.1) is 0 Å². The highest BCUT2D eigenvalue weighted by Crippen LogP contribution is 2.43. The van der Waals surface area contributed by atoms with Gasteiger partial charge in [0.25, 0.3) is 0 Å². The van der Waals surface area contributed by atoms with Crippen LogP contribution in [0.2, 0.25) is 0 Å². The summed E-state index contributed by atoms with van der Waals surface area (Å²) < 4.78 is 30.9. The number of hydrogen-bond donors (Lipinski definition) is 2. The van der Waals surface area contributed by atoms with Crippen LogP contribution < -0.4 is 5.32 Å². The molecule has 0 fully saturated rings. The SMILES string of the molecule is CCCCC/C=C\C/C=C\CCCCCCCCCCCCCCCCCCCC(=O)NC(COP(=O)(O)OCC[N+](C)(C)C)C(/C=C\CCCCCCCCCCCCC)OC(=O)CCCCCCCCCCCCC/C=C\C/C=C\CCCCC. The molecule has 0 saturated carbocycles. The van der Waals surface area contributed by atoms with E-state index in [1.165, 1.54) is 263 Å². The van der Waals surface area contributed by atoms with Crippen molar-refractivity contribution in [1.82, 2.24) is 5.32 Å². The van der Waals surface area contributed by atoms with Gasteiger partial charge in [0.2, 0.25) is 5.91 Å². The normalized spacial score (nSPS) is 13.8. The van der Waals surface area contributed by atoms with E-state index in [-0.39, 0.29) is 25.1 Å². The van der Waals surface area contributed by atoms with Gasteiger partial charge in [-0.1, -0.05) is 319 Å². The van der Waals surface area contributed by atoms with Crippen molar-refractivity contribution in [1.29, 1.82) is 0 Å². The average molecular weight is 1240 g/mol. The van der Waals surface area contributed by atoms with Gasteiger partial charge in [-0.25, -0.2) is 4.57 Å². The Kier molecular flexibility index (Phi) is 64.9. The molecule has 510 valence electrons. The zero-order valence-corrected chi connectivity index (χ0v) is 59.4. The Morgan fingerprint density at radius 2 is 0.701 bits per heavy atom. The number of unbranched alkanes of at least 4 members (excludes halogenated alkanes) is 45. The quantitative estimate of drug-likeness (QED) is 0.0205. The molecule has 87 heavy (non-hydrogen) atoms. The van der Waals surface area contributed by atoms with Crippen molar-refractivity contribution in [3.8, 4) is 0 Å². The van der Waals surface area contributed by atoms with Crippen molar-refractivity contribution in [2.45, 2.75) is 380 Å². The first-order chi connectivity index (χ1) is 42.4. The monoisotopic (exact) mass is 1240 g/mol. The van der Waals surface area contributed by atoms with Crippen LogP contribution in [0.25, 0.3) is 0 Å². The van der Waals surface area contributed by atoms with Crippen LogP contribution in [-0.2, 0) is 27.9 Å². The fraction of sp³-hybridized carbons (Fsp3) is 0.844. The Hall–Kier alpha value is -2.29. The van der Waals surface area contributed by atoms with Gasteiger partial charge in [-0.2, -0.15) is 0 Å². The van der Waals surface area contributed by atoms with E-state index in [2.05, 4.69) is 80.8 Å². The molecule has 0 bridgehead atoms. The fourth-order valence-corrected chi connectivity index (χ4v) is 11.9. The molecular weight excluding hydrogens is 1100 g/mol. The number of allylic oxidation sites excluding steroid dienone is 9. The number of nitrogens with one attached hydrogen (secondary N) is 1.